The van der Waals surface area contributed by atoms with Crippen molar-refractivity contribution in [3.63, 3.8) is 0 Å². The molecular weight excluding hydrogens is 281 g/mol. The van der Waals surface area contributed by atoms with E-state index in [4.69, 9.17) is 0 Å². The standard InChI is InChI=1S/C17H20FN3O/c1-4-19-16-15-13(9-17(2,3)10-14(15)22)21(20-16)12-7-5-11(18)6-8-12/h5-8H,4,9-10H2,1-3H3,(H,19,20). The first-order valence-electron chi connectivity index (χ1n) is 7.56. The Bertz CT molecular complexity index is 716. The van der Waals surface area contributed by atoms with Crippen molar-refractivity contribution in [2.24, 2.45) is 5.41 Å². The maximum atomic E-state index is 13.2. The summed E-state index contributed by atoms with van der Waals surface area (Å²) in [6, 6.07) is 6.19. The van der Waals surface area contributed by atoms with E-state index in [0.29, 0.717) is 24.3 Å². The lowest BCUT2D eigenvalue weighted by Gasteiger charge is -2.29. The molecule has 0 unspecified atom stereocenters. The summed E-state index contributed by atoms with van der Waals surface area (Å²) in [6.45, 7) is 6.84. The monoisotopic (exact) mass is 301 g/mol. The summed E-state index contributed by atoms with van der Waals surface area (Å²) in [5, 5.41) is 7.73. The van der Waals surface area contributed by atoms with E-state index >= 15 is 0 Å². The van der Waals surface area contributed by atoms with Gasteiger partial charge in [0.25, 0.3) is 0 Å². The Morgan fingerprint density at radius 2 is 1.95 bits per heavy atom. The number of hydrogen-bond donors (Lipinski definition) is 1. The lowest BCUT2D eigenvalue weighted by Crippen LogP contribution is -2.28. The van der Waals surface area contributed by atoms with Crippen LogP contribution in [0.25, 0.3) is 5.69 Å². The van der Waals surface area contributed by atoms with Crippen LogP contribution in [0.5, 0.6) is 0 Å². The van der Waals surface area contributed by atoms with Gasteiger partial charge in [-0.3, -0.25) is 4.79 Å². The van der Waals surface area contributed by atoms with Gasteiger partial charge in [-0.25, -0.2) is 9.07 Å². The van der Waals surface area contributed by atoms with Gasteiger partial charge in [-0.15, -0.1) is 5.10 Å². The molecule has 3 rings (SSSR count). The molecule has 0 bridgehead atoms. The van der Waals surface area contributed by atoms with Gasteiger partial charge in [-0.05, 0) is 43.0 Å². The second kappa shape index (κ2) is 5.23. The van der Waals surface area contributed by atoms with Crippen LogP contribution in [-0.2, 0) is 6.42 Å². The number of carbonyl (C=O) groups is 1. The maximum absolute atomic E-state index is 13.2. The molecule has 0 radical (unpaired) electrons. The molecule has 5 heteroatoms. The highest BCUT2D eigenvalue weighted by Crippen LogP contribution is 2.38. The Hall–Kier alpha value is -2.17. The number of fused-ring (bicyclic) bond motifs is 1. The number of Topliss-reactive ketones (excluding diaryl/α,β-unsaturated/α-hetero) is 1. The summed E-state index contributed by atoms with van der Waals surface area (Å²) in [7, 11) is 0. The Kier molecular flexibility index (Phi) is 3.51. The third-order valence-corrected chi connectivity index (χ3v) is 3.96. The molecule has 1 aliphatic carbocycles. The van der Waals surface area contributed by atoms with E-state index in [1.165, 1.54) is 12.1 Å². The number of carbonyl (C=O) groups excluding carboxylic acids is 1. The Balaban J connectivity index is 2.17. The minimum absolute atomic E-state index is 0.0919. The summed E-state index contributed by atoms with van der Waals surface area (Å²) in [5.41, 5.74) is 2.27. The predicted octanol–water partition coefficient (Wildman–Crippen LogP) is 3.60. The SMILES string of the molecule is CCNc1nn(-c2ccc(F)cc2)c2c1C(=O)CC(C)(C)C2. The summed E-state index contributed by atoms with van der Waals surface area (Å²) in [5.74, 6) is 0.464. The number of aromatic nitrogens is 2. The molecule has 116 valence electrons. The van der Waals surface area contributed by atoms with Crippen LogP contribution in [0.3, 0.4) is 0 Å². The predicted molar refractivity (Wildman–Crippen MR) is 84.1 cm³/mol. The van der Waals surface area contributed by atoms with Crippen LogP contribution in [0.1, 0.15) is 43.2 Å². The molecule has 0 aliphatic heterocycles. The minimum Gasteiger partial charge on any atom is -0.368 e. The van der Waals surface area contributed by atoms with Crippen molar-refractivity contribution in [1.29, 1.82) is 0 Å². The number of rotatable bonds is 3. The van der Waals surface area contributed by atoms with E-state index in [0.717, 1.165) is 17.8 Å². The van der Waals surface area contributed by atoms with Crippen molar-refractivity contribution in [1.82, 2.24) is 9.78 Å². The molecule has 0 spiro atoms. The second-order valence-electron chi connectivity index (χ2n) is 6.53. The van der Waals surface area contributed by atoms with Gasteiger partial charge < -0.3 is 5.32 Å². The van der Waals surface area contributed by atoms with Crippen LogP contribution in [0.15, 0.2) is 24.3 Å². The van der Waals surface area contributed by atoms with Gasteiger partial charge in [0.15, 0.2) is 11.6 Å². The van der Waals surface area contributed by atoms with Crippen molar-refractivity contribution >= 4 is 11.6 Å². The van der Waals surface area contributed by atoms with Gasteiger partial charge in [0.2, 0.25) is 0 Å². The smallest absolute Gasteiger partial charge is 0.169 e. The number of halogens is 1. The van der Waals surface area contributed by atoms with Crippen LogP contribution in [0, 0.1) is 11.2 Å². The minimum atomic E-state index is -0.284. The van der Waals surface area contributed by atoms with Crippen LogP contribution >= 0.6 is 0 Å². The molecule has 1 heterocycles. The maximum Gasteiger partial charge on any atom is 0.169 e. The largest absolute Gasteiger partial charge is 0.368 e. The zero-order valence-electron chi connectivity index (χ0n) is 13.1. The highest BCUT2D eigenvalue weighted by atomic mass is 19.1. The van der Waals surface area contributed by atoms with Crippen molar-refractivity contribution in [3.8, 4) is 5.69 Å². The lowest BCUT2D eigenvalue weighted by atomic mass is 9.76. The molecule has 4 nitrogen and oxygen atoms in total. The summed E-state index contributed by atoms with van der Waals surface area (Å²) in [4.78, 5) is 12.5. The van der Waals surface area contributed by atoms with Crippen LogP contribution in [0.4, 0.5) is 10.2 Å². The Morgan fingerprint density at radius 3 is 2.59 bits per heavy atom. The fourth-order valence-corrected chi connectivity index (χ4v) is 3.04. The van der Waals surface area contributed by atoms with Crippen molar-refractivity contribution in [3.05, 3.63) is 41.3 Å². The number of hydrogen-bond acceptors (Lipinski definition) is 3. The molecule has 2 aromatic rings. The van der Waals surface area contributed by atoms with E-state index in [9.17, 15) is 9.18 Å². The van der Waals surface area contributed by atoms with Crippen molar-refractivity contribution < 1.29 is 9.18 Å². The molecule has 1 aromatic heterocycles. The van der Waals surface area contributed by atoms with Gasteiger partial charge >= 0.3 is 0 Å². The molecular formula is C17H20FN3O. The number of benzene rings is 1. The fraction of sp³-hybridized carbons (Fsp3) is 0.412. The molecule has 22 heavy (non-hydrogen) atoms. The van der Waals surface area contributed by atoms with Gasteiger partial charge in [0.05, 0.1) is 16.9 Å². The summed E-state index contributed by atoms with van der Waals surface area (Å²) in [6.07, 6.45) is 1.29. The highest BCUT2D eigenvalue weighted by molar-refractivity contribution is 6.03. The van der Waals surface area contributed by atoms with E-state index in [1.54, 1.807) is 16.8 Å². The molecule has 0 saturated heterocycles. The average Bonchev–Trinajstić information content (AvgIpc) is 2.77. The molecule has 0 atom stereocenters. The van der Waals surface area contributed by atoms with Crippen LogP contribution in [0.2, 0.25) is 0 Å². The normalized spacial score (nSPS) is 16.5. The van der Waals surface area contributed by atoms with E-state index < -0.39 is 0 Å². The summed E-state index contributed by atoms with van der Waals surface area (Å²) >= 11 is 0. The molecule has 0 amide bonds. The topological polar surface area (TPSA) is 46.9 Å². The third kappa shape index (κ3) is 2.51. The van der Waals surface area contributed by atoms with E-state index in [2.05, 4.69) is 24.3 Å². The third-order valence-electron chi connectivity index (χ3n) is 3.96. The zero-order chi connectivity index (χ0) is 15.9. The number of nitrogens with one attached hydrogen (secondary N) is 1. The Morgan fingerprint density at radius 1 is 1.27 bits per heavy atom. The molecule has 1 N–H and O–H groups in total. The summed E-state index contributed by atoms with van der Waals surface area (Å²) < 4.78 is 14.9. The van der Waals surface area contributed by atoms with Crippen molar-refractivity contribution in [2.75, 3.05) is 11.9 Å². The fourth-order valence-electron chi connectivity index (χ4n) is 3.04. The first-order valence-corrected chi connectivity index (χ1v) is 7.56. The number of nitrogens with zero attached hydrogens (tertiary/aromatic N) is 2. The van der Waals surface area contributed by atoms with Gasteiger partial charge in [-0.1, -0.05) is 13.8 Å². The Labute approximate surface area is 129 Å². The van der Waals surface area contributed by atoms with Gasteiger partial charge in [0, 0.05) is 13.0 Å². The van der Waals surface area contributed by atoms with Crippen molar-refractivity contribution in [2.45, 2.75) is 33.6 Å². The lowest BCUT2D eigenvalue weighted by molar-refractivity contribution is 0.0911. The van der Waals surface area contributed by atoms with E-state index in [-0.39, 0.29) is 17.0 Å². The molecule has 1 aromatic carbocycles. The van der Waals surface area contributed by atoms with Gasteiger partial charge in [-0.2, -0.15) is 0 Å². The molecule has 0 fully saturated rings. The molecule has 0 saturated carbocycles. The first kappa shape index (κ1) is 14.8. The molecule has 1 aliphatic rings. The highest BCUT2D eigenvalue weighted by Gasteiger charge is 2.36. The first-order chi connectivity index (χ1) is 10.4. The van der Waals surface area contributed by atoms with E-state index in [1.807, 2.05) is 6.92 Å². The second-order valence-corrected chi connectivity index (χ2v) is 6.53. The average molecular weight is 301 g/mol. The van der Waals surface area contributed by atoms with Crippen LogP contribution in [-0.4, -0.2) is 22.1 Å². The zero-order valence-corrected chi connectivity index (χ0v) is 13.1. The number of anilines is 1. The van der Waals surface area contributed by atoms with Crippen LogP contribution < -0.4 is 5.32 Å². The quantitative estimate of drug-likeness (QED) is 0.942. The van der Waals surface area contributed by atoms with Gasteiger partial charge in [0.1, 0.15) is 5.82 Å². The number of ketones is 1.